The largest absolute Gasteiger partial charge is 0.352 e. The topological polar surface area (TPSA) is 58.1 Å². The van der Waals surface area contributed by atoms with E-state index in [1.165, 1.54) is 12.1 Å². The maximum absolute atomic E-state index is 12.9. The molecule has 1 atom stereocenters. The van der Waals surface area contributed by atoms with Crippen molar-refractivity contribution in [2.75, 3.05) is 23.7 Å². The quantitative estimate of drug-likeness (QED) is 0.803. The lowest BCUT2D eigenvalue weighted by Crippen LogP contribution is -2.48. The van der Waals surface area contributed by atoms with Crippen molar-refractivity contribution in [2.45, 2.75) is 30.2 Å². The van der Waals surface area contributed by atoms with Gasteiger partial charge in [-0.2, -0.15) is 0 Å². The number of anilines is 1. The van der Waals surface area contributed by atoms with Crippen LogP contribution in [0, 0.1) is 5.82 Å². The first kappa shape index (κ1) is 17.7. The van der Waals surface area contributed by atoms with Crippen molar-refractivity contribution in [1.29, 1.82) is 0 Å². The Hall–Kier alpha value is -2.15. The Labute approximate surface area is 151 Å². The van der Waals surface area contributed by atoms with E-state index in [0.29, 0.717) is 18.1 Å². The Morgan fingerprint density at radius 1 is 1.28 bits per heavy atom. The lowest BCUT2D eigenvalue weighted by Gasteiger charge is -2.33. The van der Waals surface area contributed by atoms with E-state index >= 15 is 0 Å². The molecule has 1 amide bonds. The predicted octanol–water partition coefficient (Wildman–Crippen LogP) is 2.88. The van der Waals surface area contributed by atoms with Crippen LogP contribution in [0.25, 0.3) is 0 Å². The third-order valence-electron chi connectivity index (χ3n) is 4.03. The number of piperidine rings is 1. The van der Waals surface area contributed by atoms with Gasteiger partial charge in [0.25, 0.3) is 0 Å². The molecule has 0 spiro atoms. The van der Waals surface area contributed by atoms with Crippen LogP contribution in [0.5, 0.6) is 0 Å². The first-order valence-corrected chi connectivity index (χ1v) is 9.39. The molecular formula is C18H21FN4OS. The van der Waals surface area contributed by atoms with Gasteiger partial charge in [-0.05, 0) is 43.2 Å². The molecular weight excluding hydrogens is 339 g/mol. The molecule has 1 fully saturated rings. The van der Waals surface area contributed by atoms with E-state index in [1.807, 2.05) is 0 Å². The monoisotopic (exact) mass is 360 g/mol. The number of aromatic nitrogens is 2. The van der Waals surface area contributed by atoms with Gasteiger partial charge in [-0.15, -0.1) is 11.8 Å². The minimum atomic E-state index is -0.244. The molecule has 0 saturated carbocycles. The van der Waals surface area contributed by atoms with Gasteiger partial charge in [-0.1, -0.05) is 0 Å². The van der Waals surface area contributed by atoms with Crippen molar-refractivity contribution in [3.05, 3.63) is 48.5 Å². The molecule has 1 saturated heterocycles. The maximum atomic E-state index is 12.9. The molecule has 0 radical (unpaired) electrons. The Morgan fingerprint density at radius 2 is 2.04 bits per heavy atom. The smallest absolute Gasteiger partial charge is 0.225 e. The van der Waals surface area contributed by atoms with Gasteiger partial charge in [0.05, 0.1) is 0 Å². The zero-order chi connectivity index (χ0) is 17.5. The third-order valence-corrected chi connectivity index (χ3v) is 5.05. The molecule has 132 valence electrons. The second-order valence-corrected chi connectivity index (χ2v) is 7.12. The van der Waals surface area contributed by atoms with Crippen LogP contribution >= 0.6 is 11.8 Å². The van der Waals surface area contributed by atoms with Gasteiger partial charge >= 0.3 is 0 Å². The minimum Gasteiger partial charge on any atom is -0.352 e. The van der Waals surface area contributed by atoms with Gasteiger partial charge < -0.3 is 10.2 Å². The molecule has 25 heavy (non-hydrogen) atoms. The molecule has 5 nitrogen and oxygen atoms in total. The van der Waals surface area contributed by atoms with Crippen LogP contribution in [0.4, 0.5) is 10.3 Å². The first-order valence-electron chi connectivity index (χ1n) is 8.40. The van der Waals surface area contributed by atoms with E-state index in [0.717, 1.165) is 30.8 Å². The Kier molecular flexibility index (Phi) is 6.22. The van der Waals surface area contributed by atoms with E-state index in [1.54, 1.807) is 42.4 Å². The fraction of sp³-hybridized carbons (Fsp3) is 0.389. The average molecular weight is 360 g/mol. The zero-order valence-electron chi connectivity index (χ0n) is 13.9. The molecule has 2 aromatic rings. The summed E-state index contributed by atoms with van der Waals surface area (Å²) in [6.45, 7) is 1.65. The number of nitrogens with zero attached hydrogens (tertiary/aromatic N) is 3. The number of rotatable bonds is 6. The van der Waals surface area contributed by atoms with E-state index in [-0.39, 0.29) is 17.8 Å². The number of benzene rings is 1. The summed E-state index contributed by atoms with van der Waals surface area (Å²) in [5, 5.41) is 3.10. The van der Waals surface area contributed by atoms with Gasteiger partial charge in [0.2, 0.25) is 11.9 Å². The number of hydrogen-bond acceptors (Lipinski definition) is 5. The van der Waals surface area contributed by atoms with E-state index in [4.69, 9.17) is 0 Å². The Bertz CT molecular complexity index is 683. The van der Waals surface area contributed by atoms with Crippen molar-refractivity contribution in [1.82, 2.24) is 15.3 Å². The summed E-state index contributed by atoms with van der Waals surface area (Å²) < 4.78 is 12.9. The second-order valence-electron chi connectivity index (χ2n) is 5.95. The van der Waals surface area contributed by atoms with Crippen molar-refractivity contribution >= 4 is 23.6 Å². The van der Waals surface area contributed by atoms with Gasteiger partial charge in [0.15, 0.2) is 0 Å². The highest BCUT2D eigenvalue weighted by molar-refractivity contribution is 7.99. The van der Waals surface area contributed by atoms with Crippen molar-refractivity contribution in [3.63, 3.8) is 0 Å². The van der Waals surface area contributed by atoms with E-state index in [9.17, 15) is 9.18 Å². The SMILES string of the molecule is O=C(CCSc1ccc(F)cc1)NC1CCCN(c2ncccn2)C1. The highest BCUT2D eigenvalue weighted by Crippen LogP contribution is 2.19. The number of nitrogens with one attached hydrogen (secondary N) is 1. The van der Waals surface area contributed by atoms with Crippen LogP contribution in [-0.4, -0.2) is 40.8 Å². The summed E-state index contributed by atoms with van der Waals surface area (Å²) in [7, 11) is 0. The van der Waals surface area contributed by atoms with E-state index in [2.05, 4.69) is 20.2 Å². The highest BCUT2D eigenvalue weighted by Gasteiger charge is 2.22. The first-order chi connectivity index (χ1) is 12.2. The molecule has 1 aromatic heterocycles. The summed E-state index contributed by atoms with van der Waals surface area (Å²) in [5.74, 6) is 1.20. The van der Waals surface area contributed by atoms with Gasteiger partial charge in [0, 0.05) is 48.6 Å². The van der Waals surface area contributed by atoms with Crippen LogP contribution in [0.15, 0.2) is 47.6 Å². The van der Waals surface area contributed by atoms with Gasteiger partial charge in [-0.3, -0.25) is 4.79 Å². The Morgan fingerprint density at radius 3 is 2.80 bits per heavy atom. The van der Waals surface area contributed by atoms with Crippen molar-refractivity contribution in [3.8, 4) is 0 Å². The Balaban J connectivity index is 1.42. The molecule has 1 aliphatic heterocycles. The number of halogens is 1. The fourth-order valence-corrected chi connectivity index (χ4v) is 3.68. The van der Waals surface area contributed by atoms with Crippen molar-refractivity contribution in [2.24, 2.45) is 0 Å². The maximum Gasteiger partial charge on any atom is 0.225 e. The second kappa shape index (κ2) is 8.80. The van der Waals surface area contributed by atoms with Crippen LogP contribution in [0.3, 0.4) is 0 Å². The number of thioether (sulfide) groups is 1. The van der Waals surface area contributed by atoms with E-state index < -0.39 is 0 Å². The summed E-state index contributed by atoms with van der Waals surface area (Å²) >= 11 is 1.56. The molecule has 3 rings (SSSR count). The molecule has 0 bridgehead atoms. The molecule has 1 aromatic carbocycles. The molecule has 1 aliphatic rings. The van der Waals surface area contributed by atoms with Crippen LogP contribution in [-0.2, 0) is 4.79 Å². The lowest BCUT2D eigenvalue weighted by molar-refractivity contribution is -0.121. The number of carbonyl (C=O) groups is 1. The average Bonchev–Trinajstić information content (AvgIpc) is 2.64. The molecule has 0 aliphatic carbocycles. The number of carbonyl (C=O) groups excluding carboxylic acids is 1. The summed E-state index contributed by atoms with van der Waals surface area (Å²) in [4.78, 5) is 23.8. The molecule has 2 heterocycles. The standard InChI is InChI=1S/C18H21FN4OS/c19-14-4-6-16(7-5-14)25-12-8-17(24)22-15-3-1-11-23(13-15)18-20-9-2-10-21-18/h2,4-7,9-10,15H,1,3,8,11-13H2,(H,22,24). The lowest BCUT2D eigenvalue weighted by atomic mass is 10.1. The van der Waals surface area contributed by atoms with Crippen LogP contribution in [0.2, 0.25) is 0 Å². The van der Waals surface area contributed by atoms with Crippen LogP contribution in [0.1, 0.15) is 19.3 Å². The number of hydrogen-bond donors (Lipinski definition) is 1. The molecule has 7 heteroatoms. The summed E-state index contributed by atoms with van der Waals surface area (Å²) in [6.07, 6.45) is 5.89. The van der Waals surface area contributed by atoms with Crippen molar-refractivity contribution < 1.29 is 9.18 Å². The fourth-order valence-electron chi connectivity index (χ4n) is 2.82. The zero-order valence-corrected chi connectivity index (χ0v) is 14.7. The number of amides is 1. The van der Waals surface area contributed by atoms with Gasteiger partial charge in [0.1, 0.15) is 5.82 Å². The van der Waals surface area contributed by atoms with Gasteiger partial charge in [-0.25, -0.2) is 14.4 Å². The minimum absolute atomic E-state index is 0.0513. The summed E-state index contributed by atoms with van der Waals surface area (Å²) in [6, 6.07) is 8.26. The summed E-state index contributed by atoms with van der Waals surface area (Å²) in [5.41, 5.74) is 0. The molecule has 1 N–H and O–H groups in total. The highest BCUT2D eigenvalue weighted by atomic mass is 32.2. The molecule has 1 unspecified atom stereocenters. The predicted molar refractivity (Wildman–Crippen MR) is 97.2 cm³/mol. The normalized spacial score (nSPS) is 17.3. The third kappa shape index (κ3) is 5.42. The van der Waals surface area contributed by atoms with Crippen LogP contribution < -0.4 is 10.2 Å².